The Bertz CT molecular complexity index is 515. The minimum Gasteiger partial charge on any atom is -0.344 e. The summed E-state index contributed by atoms with van der Waals surface area (Å²) in [7, 11) is 1.81. The third kappa shape index (κ3) is 3.81. The molecule has 5 nitrogen and oxygen atoms in total. The number of carbonyl (C=O) groups excluding carboxylic acids is 2. The van der Waals surface area contributed by atoms with Crippen molar-refractivity contribution in [2.24, 2.45) is 0 Å². The van der Waals surface area contributed by atoms with Crippen molar-refractivity contribution in [2.75, 3.05) is 20.1 Å². The molecule has 1 aliphatic rings. The zero-order valence-corrected chi connectivity index (χ0v) is 13.8. The summed E-state index contributed by atoms with van der Waals surface area (Å²) in [5.74, 6) is 0.153. The van der Waals surface area contributed by atoms with Crippen molar-refractivity contribution >= 4 is 23.2 Å². The highest BCUT2D eigenvalue weighted by Crippen LogP contribution is 2.18. The van der Waals surface area contributed by atoms with E-state index in [0.717, 1.165) is 17.8 Å². The molecule has 6 heteroatoms. The van der Waals surface area contributed by atoms with Crippen molar-refractivity contribution in [3.63, 3.8) is 0 Å². The van der Waals surface area contributed by atoms with Crippen LogP contribution in [-0.2, 0) is 16.0 Å². The molecule has 2 amide bonds. The summed E-state index contributed by atoms with van der Waals surface area (Å²) in [5, 5.41) is 1.05. The molecule has 1 saturated heterocycles. The molecular formula is C15H23N3O2S. The van der Waals surface area contributed by atoms with Gasteiger partial charge in [-0.25, -0.2) is 4.98 Å². The van der Waals surface area contributed by atoms with Gasteiger partial charge in [-0.1, -0.05) is 6.92 Å². The van der Waals surface area contributed by atoms with E-state index >= 15 is 0 Å². The maximum atomic E-state index is 12.5. The van der Waals surface area contributed by atoms with Crippen molar-refractivity contribution < 1.29 is 9.59 Å². The molecule has 1 fully saturated rings. The van der Waals surface area contributed by atoms with E-state index in [1.807, 2.05) is 27.1 Å². The molecule has 0 aromatic carbocycles. The third-order valence-corrected chi connectivity index (χ3v) is 4.84. The van der Waals surface area contributed by atoms with Crippen LogP contribution < -0.4 is 0 Å². The molecule has 0 unspecified atom stereocenters. The van der Waals surface area contributed by atoms with E-state index in [9.17, 15) is 9.59 Å². The van der Waals surface area contributed by atoms with Crippen LogP contribution in [0.2, 0.25) is 0 Å². The minimum atomic E-state index is -0.303. The van der Waals surface area contributed by atoms with E-state index < -0.39 is 0 Å². The number of likely N-dealkylation sites (N-methyl/N-ethyl adjacent to an activating group) is 1. The summed E-state index contributed by atoms with van der Waals surface area (Å²) in [6.45, 7) is 5.35. The van der Waals surface area contributed by atoms with Crippen LogP contribution in [0.15, 0.2) is 6.20 Å². The molecule has 116 valence electrons. The maximum Gasteiger partial charge on any atom is 0.245 e. The standard InChI is InChI=1S/C15H23N3O2S/c1-4-12(18-8-5-6-14(18)19)15(20)17(3)9-7-13-16-10-11(2)21-13/h10,12H,4-9H2,1-3H3/t12-/m1/s1. The minimum absolute atomic E-state index is 0.0426. The number of carbonyl (C=O) groups is 2. The molecule has 21 heavy (non-hydrogen) atoms. The Kier molecular flexibility index (Phi) is 5.33. The fourth-order valence-electron chi connectivity index (χ4n) is 2.67. The molecule has 1 aliphatic heterocycles. The van der Waals surface area contributed by atoms with Crippen molar-refractivity contribution in [2.45, 2.75) is 45.6 Å². The average molecular weight is 309 g/mol. The van der Waals surface area contributed by atoms with E-state index in [2.05, 4.69) is 4.98 Å². The van der Waals surface area contributed by atoms with Gasteiger partial charge in [-0.2, -0.15) is 0 Å². The molecule has 0 saturated carbocycles. The summed E-state index contributed by atoms with van der Waals surface area (Å²) in [4.78, 5) is 33.4. The molecule has 1 atom stereocenters. The number of amides is 2. The van der Waals surface area contributed by atoms with Crippen molar-refractivity contribution in [3.05, 3.63) is 16.1 Å². The van der Waals surface area contributed by atoms with E-state index in [0.29, 0.717) is 25.9 Å². The Morgan fingerprint density at radius 2 is 2.33 bits per heavy atom. The van der Waals surface area contributed by atoms with E-state index in [4.69, 9.17) is 0 Å². The van der Waals surface area contributed by atoms with Gasteiger partial charge in [0.05, 0.1) is 5.01 Å². The van der Waals surface area contributed by atoms with Crippen LogP contribution in [0.3, 0.4) is 0 Å². The number of hydrogen-bond donors (Lipinski definition) is 0. The number of aryl methyl sites for hydroxylation is 1. The molecule has 2 heterocycles. The third-order valence-electron chi connectivity index (χ3n) is 3.86. The normalized spacial score (nSPS) is 16.3. The van der Waals surface area contributed by atoms with Crippen LogP contribution >= 0.6 is 11.3 Å². The smallest absolute Gasteiger partial charge is 0.245 e. The maximum absolute atomic E-state index is 12.5. The highest BCUT2D eigenvalue weighted by molar-refractivity contribution is 7.11. The monoisotopic (exact) mass is 309 g/mol. The molecule has 0 aliphatic carbocycles. The Morgan fingerprint density at radius 3 is 2.86 bits per heavy atom. The molecule has 0 bridgehead atoms. The SMILES string of the molecule is CC[C@H](C(=O)N(C)CCc1ncc(C)s1)N1CCCC1=O. The average Bonchev–Trinajstić information content (AvgIpc) is 3.06. The number of likely N-dealkylation sites (tertiary alicyclic amines) is 1. The lowest BCUT2D eigenvalue weighted by atomic mass is 10.1. The van der Waals surface area contributed by atoms with E-state index in [1.165, 1.54) is 4.88 Å². The number of aromatic nitrogens is 1. The van der Waals surface area contributed by atoms with Crippen LogP contribution in [-0.4, -0.2) is 52.8 Å². The fraction of sp³-hybridized carbons (Fsp3) is 0.667. The van der Waals surface area contributed by atoms with Crippen molar-refractivity contribution in [1.82, 2.24) is 14.8 Å². The summed E-state index contributed by atoms with van der Waals surface area (Å²) in [6.07, 6.45) is 4.74. The van der Waals surface area contributed by atoms with Crippen LogP contribution in [0.4, 0.5) is 0 Å². The lowest BCUT2D eigenvalue weighted by Crippen LogP contribution is -2.48. The number of thiazole rings is 1. The van der Waals surface area contributed by atoms with Gasteiger partial charge in [-0.15, -0.1) is 11.3 Å². The molecule has 1 aromatic rings. The van der Waals surface area contributed by atoms with Gasteiger partial charge in [0.2, 0.25) is 11.8 Å². The topological polar surface area (TPSA) is 53.5 Å². The number of hydrogen-bond acceptors (Lipinski definition) is 4. The molecule has 0 N–H and O–H groups in total. The van der Waals surface area contributed by atoms with Crippen LogP contribution in [0.1, 0.15) is 36.1 Å². The van der Waals surface area contributed by atoms with Gasteiger partial charge in [-0.3, -0.25) is 9.59 Å². The van der Waals surface area contributed by atoms with Gasteiger partial charge in [-0.05, 0) is 19.8 Å². The quantitative estimate of drug-likeness (QED) is 0.806. The van der Waals surface area contributed by atoms with Gasteiger partial charge in [0.1, 0.15) is 6.04 Å². The Labute approximate surface area is 130 Å². The Morgan fingerprint density at radius 1 is 1.57 bits per heavy atom. The lowest BCUT2D eigenvalue weighted by Gasteiger charge is -2.29. The summed E-state index contributed by atoms with van der Waals surface area (Å²) >= 11 is 1.67. The molecule has 1 aromatic heterocycles. The van der Waals surface area contributed by atoms with Crippen LogP contribution in [0.5, 0.6) is 0 Å². The second-order valence-corrected chi connectivity index (χ2v) is 6.81. The van der Waals surface area contributed by atoms with Crippen LogP contribution in [0.25, 0.3) is 0 Å². The van der Waals surface area contributed by atoms with Crippen LogP contribution in [0, 0.1) is 6.92 Å². The zero-order chi connectivity index (χ0) is 15.4. The zero-order valence-electron chi connectivity index (χ0n) is 13.0. The van der Waals surface area contributed by atoms with Crippen molar-refractivity contribution in [1.29, 1.82) is 0 Å². The number of rotatable bonds is 6. The fourth-order valence-corrected chi connectivity index (χ4v) is 3.45. The van der Waals surface area contributed by atoms with Gasteiger partial charge >= 0.3 is 0 Å². The first kappa shape index (κ1) is 15.9. The summed E-state index contributed by atoms with van der Waals surface area (Å²) in [5.41, 5.74) is 0. The Hall–Kier alpha value is -1.43. The molecule has 2 rings (SSSR count). The second kappa shape index (κ2) is 7.02. The van der Waals surface area contributed by atoms with Crippen molar-refractivity contribution in [3.8, 4) is 0 Å². The molecule has 0 spiro atoms. The molecule has 0 radical (unpaired) electrons. The van der Waals surface area contributed by atoms with E-state index in [-0.39, 0.29) is 17.9 Å². The summed E-state index contributed by atoms with van der Waals surface area (Å²) in [6, 6.07) is -0.303. The highest BCUT2D eigenvalue weighted by Gasteiger charge is 2.32. The predicted molar refractivity (Wildman–Crippen MR) is 83.2 cm³/mol. The Balaban J connectivity index is 1.92. The summed E-state index contributed by atoms with van der Waals surface area (Å²) < 4.78 is 0. The first-order valence-electron chi connectivity index (χ1n) is 7.48. The van der Waals surface area contributed by atoms with Gasteiger partial charge in [0.25, 0.3) is 0 Å². The largest absolute Gasteiger partial charge is 0.344 e. The first-order chi connectivity index (χ1) is 10.0. The highest BCUT2D eigenvalue weighted by atomic mass is 32.1. The predicted octanol–water partition coefficient (Wildman–Crippen LogP) is 1.85. The van der Waals surface area contributed by atoms with Gasteiger partial charge < -0.3 is 9.80 Å². The molecular weight excluding hydrogens is 286 g/mol. The second-order valence-electron chi connectivity index (χ2n) is 5.49. The van der Waals surface area contributed by atoms with E-state index in [1.54, 1.807) is 21.1 Å². The first-order valence-corrected chi connectivity index (χ1v) is 8.30. The van der Waals surface area contributed by atoms with Gasteiger partial charge in [0.15, 0.2) is 0 Å². The lowest BCUT2D eigenvalue weighted by molar-refractivity contribution is -0.142. The number of nitrogens with zero attached hydrogens (tertiary/aromatic N) is 3. The van der Waals surface area contributed by atoms with Gasteiger partial charge in [0, 0.05) is 44.1 Å².